The number of hydrogen-bond acceptors (Lipinski definition) is 2. The van der Waals surface area contributed by atoms with Gasteiger partial charge in [-0.15, -0.1) is 0 Å². The molecule has 1 atom stereocenters. The van der Waals surface area contributed by atoms with E-state index in [2.05, 4.69) is 21.2 Å². The zero-order valence-corrected chi connectivity index (χ0v) is 11.8. The van der Waals surface area contributed by atoms with Crippen molar-refractivity contribution in [2.45, 2.75) is 19.8 Å². The normalized spacial score (nSPS) is 12.2. The predicted molar refractivity (Wildman–Crippen MR) is 71.9 cm³/mol. The molecule has 0 aromatic heterocycles. The second-order valence-corrected chi connectivity index (χ2v) is 5.04. The Labute approximate surface area is 115 Å². The van der Waals surface area contributed by atoms with Crippen LogP contribution in [0.15, 0.2) is 22.7 Å². The first-order chi connectivity index (χ1) is 8.58. The minimum absolute atomic E-state index is 0.0308. The van der Waals surface area contributed by atoms with Gasteiger partial charge in [-0.2, -0.15) is 0 Å². The highest BCUT2D eigenvalue weighted by atomic mass is 79.9. The third-order valence-electron chi connectivity index (χ3n) is 2.84. The molecule has 3 nitrogen and oxygen atoms in total. The second kappa shape index (κ2) is 7.48. The molecule has 0 heterocycles. The molecule has 1 unspecified atom stereocenters. The number of carbonyl (C=O) groups is 1. The van der Waals surface area contributed by atoms with E-state index in [1.807, 2.05) is 6.92 Å². The molecule has 0 aliphatic rings. The van der Waals surface area contributed by atoms with Gasteiger partial charge >= 0.3 is 0 Å². The van der Waals surface area contributed by atoms with Crippen LogP contribution in [0.5, 0.6) is 0 Å². The number of hydrogen-bond donors (Lipinski definition) is 2. The fourth-order valence-corrected chi connectivity index (χ4v) is 2.00. The Kier molecular flexibility index (Phi) is 6.29. The van der Waals surface area contributed by atoms with Gasteiger partial charge in [-0.25, -0.2) is 4.39 Å². The lowest BCUT2D eigenvalue weighted by molar-refractivity contribution is 0.0939. The summed E-state index contributed by atoms with van der Waals surface area (Å²) in [6.07, 6.45) is 1.50. The van der Waals surface area contributed by atoms with Crippen LogP contribution in [0.25, 0.3) is 0 Å². The molecular weight excluding hydrogens is 301 g/mol. The van der Waals surface area contributed by atoms with Crippen LogP contribution in [0.3, 0.4) is 0 Å². The lowest BCUT2D eigenvalue weighted by atomic mass is 10.0. The molecule has 1 amide bonds. The van der Waals surface area contributed by atoms with Crippen LogP contribution in [-0.4, -0.2) is 24.2 Å². The zero-order chi connectivity index (χ0) is 13.5. The first-order valence-corrected chi connectivity index (χ1v) is 6.71. The molecule has 0 saturated heterocycles. The molecule has 2 N–H and O–H groups in total. The van der Waals surface area contributed by atoms with Gasteiger partial charge in [0.25, 0.3) is 5.91 Å². The fraction of sp³-hybridized carbons (Fsp3) is 0.462. The SMILES string of the molecule is CCC(CCO)CNC(=O)c1cc(Br)ccc1F. The van der Waals surface area contributed by atoms with E-state index in [-0.39, 0.29) is 18.1 Å². The second-order valence-electron chi connectivity index (χ2n) is 4.12. The van der Waals surface area contributed by atoms with Crippen molar-refractivity contribution in [3.63, 3.8) is 0 Å². The minimum atomic E-state index is -0.536. The van der Waals surface area contributed by atoms with E-state index in [1.165, 1.54) is 12.1 Å². The van der Waals surface area contributed by atoms with E-state index < -0.39 is 11.7 Å². The first kappa shape index (κ1) is 15.1. The molecule has 0 aliphatic heterocycles. The molecular formula is C13H17BrFNO2. The highest BCUT2D eigenvalue weighted by Gasteiger charge is 2.13. The highest BCUT2D eigenvalue weighted by Crippen LogP contribution is 2.15. The van der Waals surface area contributed by atoms with E-state index in [9.17, 15) is 9.18 Å². The van der Waals surface area contributed by atoms with Crippen LogP contribution >= 0.6 is 15.9 Å². The molecule has 1 aromatic rings. The van der Waals surface area contributed by atoms with Crippen molar-refractivity contribution in [3.8, 4) is 0 Å². The Morgan fingerprint density at radius 3 is 2.89 bits per heavy atom. The molecule has 1 aromatic carbocycles. The van der Waals surface area contributed by atoms with E-state index in [0.717, 1.165) is 6.42 Å². The van der Waals surface area contributed by atoms with Crippen molar-refractivity contribution >= 4 is 21.8 Å². The molecule has 1 rings (SSSR count). The molecule has 0 bridgehead atoms. The molecule has 0 spiro atoms. The quantitative estimate of drug-likeness (QED) is 0.847. The maximum absolute atomic E-state index is 13.5. The highest BCUT2D eigenvalue weighted by molar-refractivity contribution is 9.10. The summed E-state index contributed by atoms with van der Waals surface area (Å²) in [5.74, 6) is -0.745. The third kappa shape index (κ3) is 4.38. The standard InChI is InChI=1S/C13H17BrFNO2/c1-2-9(5-6-17)8-16-13(18)11-7-10(14)3-4-12(11)15/h3-4,7,9,17H,2,5-6,8H2,1H3,(H,16,18). The zero-order valence-electron chi connectivity index (χ0n) is 10.2. The molecule has 100 valence electrons. The molecule has 0 radical (unpaired) electrons. The average Bonchev–Trinajstić information content (AvgIpc) is 2.37. The van der Waals surface area contributed by atoms with Gasteiger partial charge in [0.1, 0.15) is 5.82 Å². The Bertz CT molecular complexity index is 412. The fourth-order valence-electron chi connectivity index (χ4n) is 1.64. The smallest absolute Gasteiger partial charge is 0.254 e. The Morgan fingerprint density at radius 1 is 1.56 bits per heavy atom. The van der Waals surface area contributed by atoms with Crippen LogP contribution in [0.4, 0.5) is 4.39 Å². The summed E-state index contributed by atoms with van der Waals surface area (Å²) in [5, 5.41) is 11.5. The number of nitrogens with one attached hydrogen (secondary N) is 1. The summed E-state index contributed by atoms with van der Waals surface area (Å²) in [6, 6.07) is 4.26. The van der Waals surface area contributed by atoms with Crippen LogP contribution < -0.4 is 5.32 Å². The summed E-state index contributed by atoms with van der Waals surface area (Å²) in [7, 11) is 0. The maximum atomic E-state index is 13.5. The summed E-state index contributed by atoms with van der Waals surface area (Å²) in [4.78, 5) is 11.8. The van der Waals surface area contributed by atoms with Gasteiger partial charge in [-0.3, -0.25) is 4.79 Å². The molecule has 0 saturated carbocycles. The van der Waals surface area contributed by atoms with Gasteiger partial charge in [0, 0.05) is 17.6 Å². The molecule has 0 aliphatic carbocycles. The van der Waals surface area contributed by atoms with Crippen molar-refractivity contribution in [1.29, 1.82) is 0 Å². The van der Waals surface area contributed by atoms with Gasteiger partial charge in [0.2, 0.25) is 0 Å². The van der Waals surface area contributed by atoms with Crippen LogP contribution in [0.1, 0.15) is 30.1 Å². The summed E-state index contributed by atoms with van der Waals surface area (Å²) < 4.78 is 14.1. The largest absolute Gasteiger partial charge is 0.396 e. The first-order valence-electron chi connectivity index (χ1n) is 5.92. The van der Waals surface area contributed by atoms with Crippen molar-refractivity contribution in [3.05, 3.63) is 34.1 Å². The van der Waals surface area contributed by atoms with E-state index >= 15 is 0 Å². The summed E-state index contributed by atoms with van der Waals surface area (Å²) in [6.45, 7) is 2.54. The Balaban J connectivity index is 2.62. The van der Waals surface area contributed by atoms with E-state index in [1.54, 1.807) is 6.07 Å². The van der Waals surface area contributed by atoms with E-state index in [4.69, 9.17) is 5.11 Å². The minimum Gasteiger partial charge on any atom is -0.396 e. The number of halogens is 2. The Hall–Kier alpha value is -0.940. The van der Waals surface area contributed by atoms with E-state index in [0.29, 0.717) is 17.4 Å². The number of aliphatic hydroxyl groups excluding tert-OH is 1. The lowest BCUT2D eigenvalue weighted by Crippen LogP contribution is -2.30. The van der Waals surface area contributed by atoms with Gasteiger partial charge in [-0.05, 0) is 30.5 Å². The average molecular weight is 318 g/mol. The third-order valence-corrected chi connectivity index (χ3v) is 3.33. The topological polar surface area (TPSA) is 49.3 Å². The van der Waals surface area contributed by atoms with Crippen molar-refractivity contribution in [2.75, 3.05) is 13.2 Å². The predicted octanol–water partition coefficient (Wildman–Crippen LogP) is 2.73. The molecule has 0 fully saturated rings. The number of benzene rings is 1. The summed E-state index contributed by atoms with van der Waals surface area (Å²) >= 11 is 3.20. The Morgan fingerprint density at radius 2 is 2.28 bits per heavy atom. The van der Waals surface area contributed by atoms with Crippen molar-refractivity contribution in [1.82, 2.24) is 5.32 Å². The van der Waals surface area contributed by atoms with Gasteiger partial charge < -0.3 is 10.4 Å². The van der Waals surface area contributed by atoms with Gasteiger partial charge in [0.15, 0.2) is 0 Å². The number of carbonyl (C=O) groups excluding carboxylic acids is 1. The maximum Gasteiger partial charge on any atom is 0.254 e. The number of rotatable bonds is 6. The molecule has 18 heavy (non-hydrogen) atoms. The van der Waals surface area contributed by atoms with Gasteiger partial charge in [-0.1, -0.05) is 29.3 Å². The molecule has 5 heteroatoms. The number of amides is 1. The van der Waals surface area contributed by atoms with Crippen LogP contribution in [-0.2, 0) is 0 Å². The van der Waals surface area contributed by atoms with Crippen molar-refractivity contribution in [2.24, 2.45) is 5.92 Å². The number of aliphatic hydroxyl groups is 1. The van der Waals surface area contributed by atoms with Crippen LogP contribution in [0, 0.1) is 11.7 Å². The monoisotopic (exact) mass is 317 g/mol. The van der Waals surface area contributed by atoms with Crippen LogP contribution in [0.2, 0.25) is 0 Å². The lowest BCUT2D eigenvalue weighted by Gasteiger charge is -2.14. The van der Waals surface area contributed by atoms with Crippen molar-refractivity contribution < 1.29 is 14.3 Å². The van der Waals surface area contributed by atoms with Gasteiger partial charge in [0.05, 0.1) is 5.56 Å². The summed E-state index contributed by atoms with van der Waals surface area (Å²) in [5.41, 5.74) is 0.0308.